The summed E-state index contributed by atoms with van der Waals surface area (Å²) in [5, 5.41) is 9.97. The maximum absolute atomic E-state index is 9.97. The normalized spacial score (nSPS) is 12.8. The first-order valence-corrected chi connectivity index (χ1v) is 6.43. The van der Waals surface area contributed by atoms with E-state index in [1.54, 1.807) is 7.11 Å². The molecule has 0 aliphatic carbocycles. The predicted octanol–water partition coefficient (Wildman–Crippen LogP) is 4.13. The number of ether oxygens (including phenoxy) is 1. The highest BCUT2D eigenvalue weighted by molar-refractivity contribution is 5.47. The minimum absolute atomic E-state index is 0.00734. The standard InChI is InChI=1S/C16H26O2/c1-15(2,3)13-8-11(17)9-14(16(4,5)6)12(13)10-18-7/h8-9,17H,10H2,1-7H3. The molecule has 0 radical (unpaired) electrons. The molecule has 0 aliphatic rings. The summed E-state index contributed by atoms with van der Waals surface area (Å²) in [6.07, 6.45) is 0. The van der Waals surface area contributed by atoms with Crippen LogP contribution in [0.1, 0.15) is 58.2 Å². The monoisotopic (exact) mass is 250 g/mol. The van der Waals surface area contributed by atoms with E-state index in [4.69, 9.17) is 4.74 Å². The lowest BCUT2D eigenvalue weighted by Gasteiger charge is -2.30. The molecule has 2 nitrogen and oxygen atoms in total. The van der Waals surface area contributed by atoms with Gasteiger partial charge in [0.05, 0.1) is 6.61 Å². The van der Waals surface area contributed by atoms with Crippen molar-refractivity contribution >= 4 is 0 Å². The Labute approximate surface area is 111 Å². The van der Waals surface area contributed by atoms with Crippen LogP contribution in [0, 0.1) is 0 Å². The molecule has 0 amide bonds. The van der Waals surface area contributed by atoms with Gasteiger partial charge in [-0.3, -0.25) is 0 Å². The van der Waals surface area contributed by atoms with E-state index in [0.717, 1.165) is 11.1 Å². The third-order valence-corrected chi connectivity index (χ3v) is 3.14. The second-order valence-electron chi connectivity index (χ2n) is 6.95. The minimum atomic E-state index is -0.00734. The Hall–Kier alpha value is -1.02. The molecule has 0 aliphatic heterocycles. The maximum atomic E-state index is 9.97. The summed E-state index contributed by atoms with van der Waals surface area (Å²) in [7, 11) is 1.71. The molecule has 0 saturated carbocycles. The molecule has 0 unspecified atom stereocenters. The van der Waals surface area contributed by atoms with E-state index >= 15 is 0 Å². The SMILES string of the molecule is COCc1c(C(C)(C)C)cc(O)cc1C(C)(C)C. The first-order valence-electron chi connectivity index (χ1n) is 6.43. The lowest BCUT2D eigenvalue weighted by atomic mass is 9.76. The second kappa shape index (κ2) is 4.93. The van der Waals surface area contributed by atoms with Crippen LogP contribution in [0.5, 0.6) is 5.75 Å². The van der Waals surface area contributed by atoms with Gasteiger partial charge in [0.2, 0.25) is 0 Å². The molecule has 0 atom stereocenters. The topological polar surface area (TPSA) is 29.5 Å². The summed E-state index contributed by atoms with van der Waals surface area (Å²) in [4.78, 5) is 0. The van der Waals surface area contributed by atoms with Gasteiger partial charge in [0.25, 0.3) is 0 Å². The van der Waals surface area contributed by atoms with Crippen LogP contribution in [0.4, 0.5) is 0 Å². The zero-order valence-corrected chi connectivity index (χ0v) is 12.7. The second-order valence-corrected chi connectivity index (χ2v) is 6.95. The summed E-state index contributed by atoms with van der Waals surface area (Å²) in [5.41, 5.74) is 3.51. The fourth-order valence-electron chi connectivity index (χ4n) is 2.29. The largest absolute Gasteiger partial charge is 0.508 e. The smallest absolute Gasteiger partial charge is 0.116 e. The summed E-state index contributed by atoms with van der Waals surface area (Å²) in [6, 6.07) is 3.73. The molecule has 18 heavy (non-hydrogen) atoms. The number of aromatic hydroxyl groups is 1. The van der Waals surface area contributed by atoms with Gasteiger partial charge >= 0.3 is 0 Å². The Balaban J connectivity index is 3.56. The highest BCUT2D eigenvalue weighted by Crippen LogP contribution is 2.37. The zero-order chi connectivity index (χ0) is 14.1. The van der Waals surface area contributed by atoms with E-state index in [-0.39, 0.29) is 10.8 Å². The van der Waals surface area contributed by atoms with Crippen molar-refractivity contribution in [1.29, 1.82) is 0 Å². The van der Waals surface area contributed by atoms with Crippen LogP contribution < -0.4 is 0 Å². The fraction of sp³-hybridized carbons (Fsp3) is 0.625. The lowest BCUT2D eigenvalue weighted by molar-refractivity contribution is 0.181. The van der Waals surface area contributed by atoms with Gasteiger partial charge < -0.3 is 9.84 Å². The molecule has 0 spiro atoms. The Morgan fingerprint density at radius 1 is 0.944 bits per heavy atom. The quantitative estimate of drug-likeness (QED) is 0.855. The van der Waals surface area contributed by atoms with Crippen molar-refractivity contribution in [3.63, 3.8) is 0 Å². The number of hydrogen-bond donors (Lipinski definition) is 1. The van der Waals surface area contributed by atoms with Gasteiger partial charge in [0.15, 0.2) is 0 Å². The van der Waals surface area contributed by atoms with E-state index in [2.05, 4.69) is 41.5 Å². The maximum Gasteiger partial charge on any atom is 0.116 e. The van der Waals surface area contributed by atoms with Crippen LogP contribution in [0.2, 0.25) is 0 Å². The van der Waals surface area contributed by atoms with Crippen LogP contribution in [0.25, 0.3) is 0 Å². The highest BCUT2D eigenvalue weighted by Gasteiger charge is 2.26. The van der Waals surface area contributed by atoms with Gasteiger partial charge in [-0.15, -0.1) is 0 Å². The van der Waals surface area contributed by atoms with E-state index in [0.29, 0.717) is 12.4 Å². The third kappa shape index (κ3) is 3.26. The van der Waals surface area contributed by atoms with E-state index in [9.17, 15) is 5.11 Å². The summed E-state index contributed by atoms with van der Waals surface area (Å²) in [5.74, 6) is 0.338. The number of phenolic OH excluding ortho intramolecular Hbond substituents is 1. The van der Waals surface area contributed by atoms with Crippen molar-refractivity contribution in [1.82, 2.24) is 0 Å². The first-order chi connectivity index (χ1) is 8.07. The van der Waals surface area contributed by atoms with Gasteiger partial charge in [-0.2, -0.15) is 0 Å². The Morgan fingerprint density at radius 3 is 1.61 bits per heavy atom. The third-order valence-electron chi connectivity index (χ3n) is 3.14. The summed E-state index contributed by atoms with van der Waals surface area (Å²) >= 11 is 0. The average molecular weight is 250 g/mol. The predicted molar refractivity (Wildman–Crippen MR) is 76.2 cm³/mol. The molecule has 1 aromatic carbocycles. The number of hydrogen-bond acceptors (Lipinski definition) is 2. The minimum Gasteiger partial charge on any atom is -0.508 e. The molecule has 1 rings (SSSR count). The van der Waals surface area contributed by atoms with Crippen molar-refractivity contribution in [2.45, 2.75) is 59.0 Å². The number of rotatable bonds is 2. The van der Waals surface area contributed by atoms with Crippen molar-refractivity contribution in [3.8, 4) is 5.75 Å². The molecule has 2 heteroatoms. The number of phenols is 1. The van der Waals surface area contributed by atoms with Crippen molar-refractivity contribution in [2.75, 3.05) is 7.11 Å². The molecule has 0 aromatic heterocycles. The number of benzene rings is 1. The van der Waals surface area contributed by atoms with Crippen LogP contribution >= 0.6 is 0 Å². The highest BCUT2D eigenvalue weighted by atomic mass is 16.5. The first kappa shape index (κ1) is 15.0. The van der Waals surface area contributed by atoms with Crippen LogP contribution in [-0.4, -0.2) is 12.2 Å². The Morgan fingerprint density at radius 2 is 1.33 bits per heavy atom. The van der Waals surface area contributed by atoms with E-state index in [1.165, 1.54) is 5.56 Å². The summed E-state index contributed by atoms with van der Waals surface area (Å²) in [6.45, 7) is 13.5. The van der Waals surface area contributed by atoms with E-state index < -0.39 is 0 Å². The lowest BCUT2D eigenvalue weighted by Crippen LogP contribution is -2.21. The van der Waals surface area contributed by atoms with Gasteiger partial charge in [0, 0.05) is 7.11 Å². The van der Waals surface area contributed by atoms with Crippen molar-refractivity contribution < 1.29 is 9.84 Å². The van der Waals surface area contributed by atoms with Gasteiger partial charge in [-0.25, -0.2) is 0 Å². The summed E-state index contributed by atoms with van der Waals surface area (Å²) < 4.78 is 5.36. The average Bonchev–Trinajstić information content (AvgIpc) is 2.17. The molecule has 1 N–H and O–H groups in total. The molecule has 0 fully saturated rings. The molecular formula is C16H26O2. The Kier molecular flexibility index (Phi) is 4.12. The van der Waals surface area contributed by atoms with Crippen molar-refractivity contribution in [2.24, 2.45) is 0 Å². The number of methoxy groups -OCH3 is 1. The van der Waals surface area contributed by atoms with E-state index in [1.807, 2.05) is 12.1 Å². The van der Waals surface area contributed by atoms with Crippen LogP contribution in [0.3, 0.4) is 0 Å². The molecular weight excluding hydrogens is 224 g/mol. The molecule has 0 heterocycles. The van der Waals surface area contributed by atoms with Gasteiger partial charge in [0.1, 0.15) is 5.75 Å². The van der Waals surface area contributed by atoms with Crippen molar-refractivity contribution in [3.05, 3.63) is 28.8 Å². The van der Waals surface area contributed by atoms with Gasteiger partial charge in [-0.05, 0) is 39.7 Å². The fourth-order valence-corrected chi connectivity index (χ4v) is 2.29. The molecule has 1 aromatic rings. The van der Waals surface area contributed by atoms with Crippen LogP contribution in [0.15, 0.2) is 12.1 Å². The molecule has 0 bridgehead atoms. The zero-order valence-electron chi connectivity index (χ0n) is 12.7. The molecule has 102 valence electrons. The van der Waals surface area contributed by atoms with Crippen LogP contribution in [-0.2, 0) is 22.2 Å². The molecule has 0 saturated heterocycles. The Bertz CT molecular complexity index is 385. The van der Waals surface area contributed by atoms with Gasteiger partial charge in [-0.1, -0.05) is 41.5 Å².